The topological polar surface area (TPSA) is 3.24 Å². The lowest BCUT2D eigenvalue weighted by atomic mass is 10.0. The van der Waals surface area contributed by atoms with Crippen LogP contribution in [0.3, 0.4) is 0 Å². The fraction of sp³-hybridized carbons (Fsp3) is 0.0476. The first-order chi connectivity index (χ1) is 10.8. The molecule has 1 nitrogen and oxygen atoms in total. The zero-order valence-electron chi connectivity index (χ0n) is 12.5. The molecule has 0 aliphatic heterocycles. The molecule has 0 fully saturated rings. The average molecular weight is 283 g/mol. The Hall–Kier alpha value is -2.80. The molecule has 0 heterocycles. The summed E-state index contributed by atoms with van der Waals surface area (Å²) in [4.78, 5) is 2.25. The number of nitrogens with zero attached hydrogens (tertiary/aromatic N) is 1. The van der Waals surface area contributed by atoms with Crippen LogP contribution in [0.2, 0.25) is 0 Å². The average Bonchev–Trinajstić information content (AvgIpc) is 2.59. The SMILES string of the molecule is CN(c1ccccc1)c1cccc2cc3ccccc3cc12. The Labute approximate surface area is 130 Å². The van der Waals surface area contributed by atoms with Gasteiger partial charge in [-0.15, -0.1) is 0 Å². The number of hydrogen-bond donors (Lipinski definition) is 0. The molecule has 0 N–H and O–H groups in total. The third-order valence-electron chi connectivity index (χ3n) is 4.23. The molecule has 0 saturated heterocycles. The minimum absolute atomic E-state index is 1.20. The summed E-state index contributed by atoms with van der Waals surface area (Å²) in [6, 6.07) is 30.1. The second-order valence-electron chi connectivity index (χ2n) is 5.59. The van der Waals surface area contributed by atoms with E-state index in [0.29, 0.717) is 0 Å². The second kappa shape index (κ2) is 5.19. The van der Waals surface area contributed by atoms with E-state index in [2.05, 4.69) is 90.8 Å². The Balaban J connectivity index is 1.96. The van der Waals surface area contributed by atoms with Crippen LogP contribution in [0.1, 0.15) is 0 Å². The van der Waals surface area contributed by atoms with Crippen LogP contribution in [-0.2, 0) is 0 Å². The van der Waals surface area contributed by atoms with Crippen molar-refractivity contribution in [3.8, 4) is 0 Å². The molecular formula is C21H17N. The predicted octanol–water partition coefficient (Wildman–Crippen LogP) is 5.76. The molecule has 0 amide bonds. The second-order valence-corrected chi connectivity index (χ2v) is 5.59. The van der Waals surface area contributed by atoms with Crippen LogP contribution in [-0.4, -0.2) is 7.05 Å². The molecule has 4 rings (SSSR count). The molecule has 0 aromatic heterocycles. The minimum atomic E-state index is 1.20. The van der Waals surface area contributed by atoms with Gasteiger partial charge in [-0.05, 0) is 46.5 Å². The lowest BCUT2D eigenvalue weighted by Crippen LogP contribution is -2.09. The molecule has 4 aromatic rings. The van der Waals surface area contributed by atoms with Crippen LogP contribution in [0.5, 0.6) is 0 Å². The molecule has 0 aliphatic rings. The monoisotopic (exact) mass is 283 g/mol. The lowest BCUT2D eigenvalue weighted by molar-refractivity contribution is 1.22. The zero-order valence-corrected chi connectivity index (χ0v) is 12.5. The molecule has 0 saturated carbocycles. The lowest BCUT2D eigenvalue weighted by Gasteiger charge is -2.21. The maximum absolute atomic E-state index is 2.29. The highest BCUT2D eigenvalue weighted by Crippen LogP contribution is 2.33. The Morgan fingerprint density at radius 2 is 1.23 bits per heavy atom. The summed E-state index contributed by atoms with van der Waals surface area (Å²) >= 11 is 0. The van der Waals surface area contributed by atoms with Crippen LogP contribution in [0, 0.1) is 0 Å². The molecule has 0 bridgehead atoms. The molecule has 106 valence electrons. The first kappa shape index (κ1) is 12.9. The number of benzene rings is 4. The Morgan fingerprint density at radius 3 is 2.00 bits per heavy atom. The van der Waals surface area contributed by atoms with Gasteiger partial charge >= 0.3 is 0 Å². The van der Waals surface area contributed by atoms with E-state index in [1.807, 2.05) is 6.07 Å². The van der Waals surface area contributed by atoms with Crippen molar-refractivity contribution in [2.24, 2.45) is 0 Å². The number of rotatable bonds is 2. The first-order valence-electron chi connectivity index (χ1n) is 7.53. The van der Waals surface area contributed by atoms with Crippen LogP contribution >= 0.6 is 0 Å². The van der Waals surface area contributed by atoms with Crippen LogP contribution < -0.4 is 4.90 Å². The molecule has 4 aromatic carbocycles. The van der Waals surface area contributed by atoms with Gasteiger partial charge in [-0.1, -0.05) is 54.6 Å². The van der Waals surface area contributed by atoms with Crippen molar-refractivity contribution in [3.63, 3.8) is 0 Å². The number of anilines is 2. The van der Waals surface area contributed by atoms with Crippen molar-refractivity contribution in [2.45, 2.75) is 0 Å². The fourth-order valence-electron chi connectivity index (χ4n) is 3.03. The van der Waals surface area contributed by atoms with Crippen LogP contribution in [0.15, 0.2) is 84.9 Å². The number of para-hydroxylation sites is 1. The van der Waals surface area contributed by atoms with Gasteiger partial charge in [-0.3, -0.25) is 0 Å². The van der Waals surface area contributed by atoms with Crippen molar-refractivity contribution in [2.75, 3.05) is 11.9 Å². The van der Waals surface area contributed by atoms with Crippen LogP contribution in [0.25, 0.3) is 21.5 Å². The highest BCUT2D eigenvalue weighted by atomic mass is 15.1. The van der Waals surface area contributed by atoms with Crippen molar-refractivity contribution < 1.29 is 0 Å². The van der Waals surface area contributed by atoms with Crippen LogP contribution in [0.4, 0.5) is 11.4 Å². The molecule has 22 heavy (non-hydrogen) atoms. The van der Waals surface area contributed by atoms with E-state index in [9.17, 15) is 0 Å². The summed E-state index contributed by atoms with van der Waals surface area (Å²) in [6.07, 6.45) is 0. The van der Waals surface area contributed by atoms with Crippen molar-refractivity contribution >= 4 is 32.9 Å². The Bertz CT molecular complexity index is 941. The van der Waals surface area contributed by atoms with Crippen molar-refractivity contribution in [1.29, 1.82) is 0 Å². The van der Waals surface area contributed by atoms with E-state index in [-0.39, 0.29) is 0 Å². The minimum Gasteiger partial charge on any atom is -0.344 e. The van der Waals surface area contributed by atoms with Gasteiger partial charge in [0, 0.05) is 23.8 Å². The van der Waals surface area contributed by atoms with E-state index in [1.165, 1.54) is 32.9 Å². The van der Waals surface area contributed by atoms with Gasteiger partial charge in [0.1, 0.15) is 0 Å². The normalized spacial score (nSPS) is 11.0. The summed E-state index contributed by atoms with van der Waals surface area (Å²) in [5.41, 5.74) is 2.43. The van der Waals surface area contributed by atoms with Gasteiger partial charge in [-0.2, -0.15) is 0 Å². The maximum Gasteiger partial charge on any atom is 0.0487 e. The highest BCUT2D eigenvalue weighted by Gasteiger charge is 2.08. The first-order valence-corrected chi connectivity index (χ1v) is 7.53. The largest absolute Gasteiger partial charge is 0.344 e. The fourth-order valence-corrected chi connectivity index (χ4v) is 3.03. The van der Waals surface area contributed by atoms with Crippen molar-refractivity contribution in [3.05, 3.63) is 84.9 Å². The zero-order chi connectivity index (χ0) is 14.9. The third kappa shape index (κ3) is 2.11. The summed E-state index contributed by atoms with van der Waals surface area (Å²) in [5, 5.41) is 5.13. The third-order valence-corrected chi connectivity index (χ3v) is 4.23. The van der Waals surface area contributed by atoms with Gasteiger partial charge in [-0.25, -0.2) is 0 Å². The van der Waals surface area contributed by atoms with Gasteiger partial charge in [0.15, 0.2) is 0 Å². The molecule has 0 spiro atoms. The predicted molar refractivity (Wildman–Crippen MR) is 96.0 cm³/mol. The van der Waals surface area contributed by atoms with E-state index in [1.54, 1.807) is 0 Å². The quantitative estimate of drug-likeness (QED) is 0.423. The summed E-state index contributed by atoms with van der Waals surface area (Å²) in [7, 11) is 2.12. The summed E-state index contributed by atoms with van der Waals surface area (Å²) in [5.74, 6) is 0. The molecule has 0 atom stereocenters. The van der Waals surface area contributed by atoms with E-state index in [0.717, 1.165) is 0 Å². The Kier molecular flexibility index (Phi) is 3.05. The van der Waals surface area contributed by atoms with Gasteiger partial charge < -0.3 is 4.90 Å². The molecule has 0 radical (unpaired) electrons. The smallest absolute Gasteiger partial charge is 0.0487 e. The molecule has 0 unspecified atom stereocenters. The summed E-state index contributed by atoms with van der Waals surface area (Å²) < 4.78 is 0. The maximum atomic E-state index is 2.29. The van der Waals surface area contributed by atoms with E-state index in [4.69, 9.17) is 0 Å². The number of fused-ring (bicyclic) bond motifs is 2. The number of hydrogen-bond acceptors (Lipinski definition) is 1. The van der Waals surface area contributed by atoms with Gasteiger partial charge in [0.2, 0.25) is 0 Å². The van der Waals surface area contributed by atoms with Gasteiger partial charge in [0.25, 0.3) is 0 Å². The molecular weight excluding hydrogens is 266 g/mol. The van der Waals surface area contributed by atoms with E-state index >= 15 is 0 Å². The van der Waals surface area contributed by atoms with Crippen molar-refractivity contribution in [1.82, 2.24) is 0 Å². The summed E-state index contributed by atoms with van der Waals surface area (Å²) in [6.45, 7) is 0. The molecule has 1 heteroatoms. The highest BCUT2D eigenvalue weighted by molar-refractivity contribution is 6.04. The standard InChI is InChI=1S/C21H17N/c1-22(19-11-3-2-4-12-19)21-13-7-10-18-14-16-8-5-6-9-17(16)15-20(18)21/h2-15H,1H3. The van der Waals surface area contributed by atoms with Gasteiger partial charge in [0.05, 0.1) is 0 Å². The Morgan fingerprint density at radius 1 is 0.591 bits per heavy atom. The van der Waals surface area contributed by atoms with E-state index < -0.39 is 0 Å². The molecule has 0 aliphatic carbocycles.